The van der Waals surface area contributed by atoms with Crippen molar-refractivity contribution in [1.82, 2.24) is 4.90 Å². The van der Waals surface area contributed by atoms with Crippen molar-refractivity contribution < 1.29 is 15.0 Å². The van der Waals surface area contributed by atoms with E-state index < -0.39 is 6.29 Å². The molecule has 0 saturated carbocycles. The fourth-order valence-electron chi connectivity index (χ4n) is 2.21. The smallest absolute Gasteiger partial charge is 0.222 e. The minimum absolute atomic E-state index is 0.105. The van der Waals surface area contributed by atoms with Crippen LogP contribution in [0, 0.1) is 0 Å². The molecule has 20 heavy (non-hydrogen) atoms. The Morgan fingerprint density at radius 1 is 0.950 bits per heavy atom. The van der Waals surface area contributed by atoms with Gasteiger partial charge in [-0.1, -0.05) is 58.3 Å². The molecule has 1 amide bonds. The molecule has 0 spiro atoms. The third-order valence-corrected chi connectivity index (χ3v) is 3.64. The number of aliphatic hydroxyl groups is 2. The molecule has 0 aliphatic heterocycles. The number of carbonyl (C=O) groups excluding carboxylic acids is 1. The summed E-state index contributed by atoms with van der Waals surface area (Å²) in [4.78, 5) is 13.3. The number of hydrogen-bond donors (Lipinski definition) is 2. The molecule has 0 rings (SSSR count). The Kier molecular flexibility index (Phi) is 13.0. The van der Waals surface area contributed by atoms with Crippen LogP contribution in [0.3, 0.4) is 0 Å². The van der Waals surface area contributed by atoms with Crippen LogP contribution in [0.25, 0.3) is 0 Å². The Morgan fingerprint density at radius 2 is 1.45 bits per heavy atom. The van der Waals surface area contributed by atoms with Crippen LogP contribution in [0.15, 0.2) is 0 Å². The zero-order valence-electron chi connectivity index (χ0n) is 13.3. The molecule has 0 aromatic heterocycles. The Hall–Kier alpha value is -0.610. The van der Waals surface area contributed by atoms with Crippen LogP contribution >= 0.6 is 0 Å². The summed E-state index contributed by atoms with van der Waals surface area (Å²) in [7, 11) is 1.72. The Balaban J connectivity index is 3.34. The molecule has 0 saturated heterocycles. The predicted molar refractivity (Wildman–Crippen MR) is 82.3 cm³/mol. The number of nitrogens with zero attached hydrogens (tertiary/aromatic N) is 1. The summed E-state index contributed by atoms with van der Waals surface area (Å²) in [6.07, 6.45) is 10.7. The van der Waals surface area contributed by atoms with Crippen LogP contribution in [-0.2, 0) is 4.79 Å². The van der Waals surface area contributed by atoms with E-state index in [0.29, 0.717) is 13.0 Å². The van der Waals surface area contributed by atoms with Crippen molar-refractivity contribution in [2.75, 3.05) is 13.6 Å². The first kappa shape index (κ1) is 19.4. The second-order valence-electron chi connectivity index (χ2n) is 5.66. The van der Waals surface area contributed by atoms with Gasteiger partial charge < -0.3 is 15.1 Å². The van der Waals surface area contributed by atoms with Crippen molar-refractivity contribution in [2.24, 2.45) is 0 Å². The van der Waals surface area contributed by atoms with E-state index in [2.05, 4.69) is 6.92 Å². The minimum atomic E-state index is -1.32. The van der Waals surface area contributed by atoms with Crippen molar-refractivity contribution >= 4 is 5.91 Å². The summed E-state index contributed by atoms with van der Waals surface area (Å²) in [5.74, 6) is 0.105. The van der Waals surface area contributed by atoms with Crippen molar-refractivity contribution in [1.29, 1.82) is 0 Å². The molecule has 4 nitrogen and oxygen atoms in total. The van der Waals surface area contributed by atoms with E-state index >= 15 is 0 Å². The fourth-order valence-corrected chi connectivity index (χ4v) is 2.21. The topological polar surface area (TPSA) is 60.8 Å². The molecule has 0 radical (unpaired) electrons. The quantitative estimate of drug-likeness (QED) is 0.404. The zero-order valence-corrected chi connectivity index (χ0v) is 13.3. The first-order valence-corrected chi connectivity index (χ1v) is 8.18. The van der Waals surface area contributed by atoms with Crippen molar-refractivity contribution in [2.45, 2.75) is 83.8 Å². The van der Waals surface area contributed by atoms with Gasteiger partial charge in [0.2, 0.25) is 5.91 Å². The number of hydrogen-bond acceptors (Lipinski definition) is 3. The van der Waals surface area contributed by atoms with Gasteiger partial charge in [-0.15, -0.1) is 0 Å². The predicted octanol–water partition coefficient (Wildman–Crippen LogP) is 3.07. The summed E-state index contributed by atoms with van der Waals surface area (Å²) < 4.78 is 0. The lowest BCUT2D eigenvalue weighted by Gasteiger charge is -2.17. The SMILES string of the molecule is CCCCCCCCCCCC(=O)N(C)CCC(O)O. The number of unbranched alkanes of at least 4 members (excludes halogenated alkanes) is 8. The summed E-state index contributed by atoms with van der Waals surface area (Å²) in [6.45, 7) is 2.64. The maximum Gasteiger partial charge on any atom is 0.222 e. The fraction of sp³-hybridized carbons (Fsp3) is 0.938. The van der Waals surface area contributed by atoms with Crippen LogP contribution in [0.1, 0.15) is 77.6 Å². The number of carbonyl (C=O) groups is 1. The summed E-state index contributed by atoms with van der Waals surface area (Å²) >= 11 is 0. The molecule has 0 aliphatic carbocycles. The molecule has 0 aliphatic rings. The third-order valence-electron chi connectivity index (χ3n) is 3.64. The normalized spacial score (nSPS) is 11.1. The molecule has 4 heteroatoms. The first-order valence-electron chi connectivity index (χ1n) is 8.18. The van der Waals surface area contributed by atoms with Crippen LogP contribution in [0.2, 0.25) is 0 Å². The van der Waals surface area contributed by atoms with Gasteiger partial charge in [0.05, 0.1) is 0 Å². The molecule has 0 fully saturated rings. The molecular formula is C16H33NO3. The van der Waals surface area contributed by atoms with Crippen LogP contribution < -0.4 is 0 Å². The van der Waals surface area contributed by atoms with E-state index in [1.165, 1.54) is 44.9 Å². The van der Waals surface area contributed by atoms with Gasteiger partial charge in [0, 0.05) is 26.4 Å². The second-order valence-corrected chi connectivity index (χ2v) is 5.66. The van der Waals surface area contributed by atoms with E-state index in [1.807, 2.05) is 0 Å². The third kappa shape index (κ3) is 12.4. The lowest BCUT2D eigenvalue weighted by Crippen LogP contribution is -2.29. The molecule has 0 unspecified atom stereocenters. The van der Waals surface area contributed by atoms with E-state index in [1.54, 1.807) is 11.9 Å². The standard InChI is InChI=1S/C16H33NO3/c1-3-4-5-6-7-8-9-10-11-12-15(18)17(2)14-13-16(19)20/h16,19-20H,3-14H2,1-2H3. The monoisotopic (exact) mass is 287 g/mol. The average Bonchev–Trinajstić information content (AvgIpc) is 2.42. The van der Waals surface area contributed by atoms with E-state index in [-0.39, 0.29) is 12.3 Å². The highest BCUT2D eigenvalue weighted by Crippen LogP contribution is 2.11. The van der Waals surface area contributed by atoms with Crippen molar-refractivity contribution in [3.05, 3.63) is 0 Å². The molecule has 0 bridgehead atoms. The second kappa shape index (κ2) is 13.4. The van der Waals surface area contributed by atoms with E-state index in [9.17, 15) is 4.79 Å². The van der Waals surface area contributed by atoms with Crippen LogP contribution in [0.5, 0.6) is 0 Å². The van der Waals surface area contributed by atoms with E-state index in [0.717, 1.165) is 12.8 Å². The van der Waals surface area contributed by atoms with Crippen molar-refractivity contribution in [3.8, 4) is 0 Å². The number of aliphatic hydroxyl groups excluding tert-OH is 1. The summed E-state index contributed by atoms with van der Waals surface area (Å²) in [5.41, 5.74) is 0. The van der Waals surface area contributed by atoms with E-state index in [4.69, 9.17) is 10.2 Å². The summed E-state index contributed by atoms with van der Waals surface area (Å²) in [5, 5.41) is 17.5. The van der Waals surface area contributed by atoms with Gasteiger partial charge in [-0.3, -0.25) is 4.79 Å². The Morgan fingerprint density at radius 3 is 1.95 bits per heavy atom. The number of rotatable bonds is 13. The van der Waals surface area contributed by atoms with Gasteiger partial charge in [-0.2, -0.15) is 0 Å². The van der Waals surface area contributed by atoms with Gasteiger partial charge in [-0.25, -0.2) is 0 Å². The van der Waals surface area contributed by atoms with Gasteiger partial charge in [0.15, 0.2) is 6.29 Å². The largest absolute Gasteiger partial charge is 0.368 e. The highest BCUT2D eigenvalue weighted by atomic mass is 16.5. The Bertz CT molecular complexity index is 232. The highest BCUT2D eigenvalue weighted by Gasteiger charge is 2.09. The number of amides is 1. The molecule has 120 valence electrons. The molecule has 2 N–H and O–H groups in total. The molecular weight excluding hydrogens is 254 g/mol. The lowest BCUT2D eigenvalue weighted by atomic mass is 10.1. The highest BCUT2D eigenvalue weighted by molar-refractivity contribution is 5.75. The van der Waals surface area contributed by atoms with Crippen molar-refractivity contribution in [3.63, 3.8) is 0 Å². The lowest BCUT2D eigenvalue weighted by molar-refractivity contribution is -0.131. The molecule has 0 heterocycles. The molecule has 0 atom stereocenters. The van der Waals surface area contributed by atoms with Crippen LogP contribution in [-0.4, -0.2) is 40.9 Å². The minimum Gasteiger partial charge on any atom is -0.368 e. The summed E-state index contributed by atoms with van der Waals surface area (Å²) in [6, 6.07) is 0. The maximum absolute atomic E-state index is 11.7. The first-order chi connectivity index (χ1) is 9.57. The van der Waals surface area contributed by atoms with Gasteiger partial charge in [0.1, 0.15) is 0 Å². The van der Waals surface area contributed by atoms with Gasteiger partial charge in [-0.05, 0) is 6.42 Å². The molecule has 0 aromatic carbocycles. The maximum atomic E-state index is 11.7. The average molecular weight is 287 g/mol. The Labute approximate surface area is 124 Å². The van der Waals surface area contributed by atoms with Gasteiger partial charge in [0.25, 0.3) is 0 Å². The van der Waals surface area contributed by atoms with Crippen LogP contribution in [0.4, 0.5) is 0 Å². The van der Waals surface area contributed by atoms with Gasteiger partial charge >= 0.3 is 0 Å². The zero-order chi connectivity index (χ0) is 15.2. The molecule has 0 aromatic rings.